The molecule has 0 radical (unpaired) electrons. The fourth-order valence-corrected chi connectivity index (χ4v) is 3.06. The van der Waals surface area contributed by atoms with E-state index in [-0.39, 0.29) is 0 Å². The third-order valence-electron chi connectivity index (χ3n) is 4.55. The van der Waals surface area contributed by atoms with Crippen molar-refractivity contribution >= 4 is 46.2 Å². The van der Waals surface area contributed by atoms with E-state index in [2.05, 4.69) is 63.8 Å². The maximum atomic E-state index is 9.55. The number of aliphatic carboxylic acids is 4. The number of carboxylic acid groups (broad SMARTS) is 4. The van der Waals surface area contributed by atoms with Gasteiger partial charge >= 0.3 is 23.9 Å². The molecule has 12 heteroatoms. The Morgan fingerprint density at radius 1 is 0.842 bits per heavy atom. The van der Waals surface area contributed by atoms with Crippen LogP contribution in [-0.2, 0) is 25.7 Å². The van der Waals surface area contributed by atoms with Crippen molar-refractivity contribution in [3.63, 3.8) is 0 Å². The smallest absolute Gasteiger partial charge is 0.328 e. The van der Waals surface area contributed by atoms with Crippen LogP contribution in [0.2, 0.25) is 0 Å². The highest BCUT2D eigenvalue weighted by molar-refractivity contribution is 6.26. The van der Waals surface area contributed by atoms with Crippen LogP contribution in [0.4, 0.5) is 5.69 Å². The van der Waals surface area contributed by atoms with Gasteiger partial charge in [-0.05, 0) is 11.5 Å². The first-order valence-corrected chi connectivity index (χ1v) is 10.9. The van der Waals surface area contributed by atoms with Crippen LogP contribution in [-0.4, -0.2) is 66.2 Å². The van der Waals surface area contributed by atoms with Crippen molar-refractivity contribution in [1.29, 1.82) is 0 Å². The van der Waals surface area contributed by atoms with Crippen molar-refractivity contribution in [3.05, 3.63) is 97.1 Å². The average molecular weight is 520 g/mol. The first-order valence-electron chi connectivity index (χ1n) is 10.9. The highest BCUT2D eigenvalue weighted by atomic mass is 16.4. The fourth-order valence-electron chi connectivity index (χ4n) is 3.06. The first-order chi connectivity index (χ1) is 18.2. The summed E-state index contributed by atoms with van der Waals surface area (Å²) >= 11 is 0. The molecule has 2 aromatic carbocycles. The summed E-state index contributed by atoms with van der Waals surface area (Å²) in [7, 11) is 0. The molecule has 0 amide bonds. The van der Waals surface area contributed by atoms with Crippen LogP contribution >= 0.6 is 0 Å². The lowest BCUT2D eigenvalue weighted by molar-refractivity contribution is -0.134. The Labute approximate surface area is 216 Å². The standard InChI is InChI=1S/C18H16N4.2C4H4O4/c1(2-11-22-12-10-19-13-22)9-20-18-15-7-3-5-14-6-4-8-16(21-18)17(14)15;2*5-3(6)1-2-4(7)8/h1-8,10,12-13H,9,11H2,(H,20,21);2*1-2H,(H,5,6)(H,7,8). The molecule has 5 N–H and O–H groups in total. The summed E-state index contributed by atoms with van der Waals surface area (Å²) in [5, 5.41) is 37.2. The van der Waals surface area contributed by atoms with E-state index in [0.717, 1.165) is 18.1 Å². The van der Waals surface area contributed by atoms with Gasteiger partial charge in [0.1, 0.15) is 5.84 Å². The number of carbonyl (C=O) groups is 4. The predicted molar refractivity (Wildman–Crippen MR) is 139 cm³/mol. The van der Waals surface area contributed by atoms with Crippen LogP contribution in [0.25, 0.3) is 10.8 Å². The number of amidine groups is 1. The molecule has 12 nitrogen and oxygen atoms in total. The lowest BCUT2D eigenvalue weighted by atomic mass is 10.1. The van der Waals surface area contributed by atoms with Crippen LogP contribution in [0.3, 0.4) is 0 Å². The molecule has 196 valence electrons. The SMILES string of the molecule is C(=CCn1ccnc1)CN=C1Nc2cccc3cccc1c23.O=C(O)C=CC(=O)O.O=C(O)C=CC(=O)O. The van der Waals surface area contributed by atoms with Crippen LogP contribution in [0.5, 0.6) is 0 Å². The number of allylic oxidation sites excluding steroid dienone is 1. The number of aromatic nitrogens is 2. The van der Waals surface area contributed by atoms with Crippen molar-refractivity contribution in [2.75, 3.05) is 11.9 Å². The minimum Gasteiger partial charge on any atom is -0.478 e. The molecule has 0 atom stereocenters. The maximum Gasteiger partial charge on any atom is 0.328 e. The zero-order chi connectivity index (χ0) is 27.9. The lowest BCUT2D eigenvalue weighted by Gasteiger charge is -1.99. The van der Waals surface area contributed by atoms with Crippen LogP contribution in [0.15, 0.2) is 96.6 Å². The van der Waals surface area contributed by atoms with Crippen molar-refractivity contribution in [3.8, 4) is 0 Å². The van der Waals surface area contributed by atoms with Crippen molar-refractivity contribution in [1.82, 2.24) is 9.55 Å². The van der Waals surface area contributed by atoms with Gasteiger partial charge in [0.2, 0.25) is 0 Å². The molecular weight excluding hydrogens is 496 g/mol. The van der Waals surface area contributed by atoms with Gasteiger partial charge in [-0.15, -0.1) is 0 Å². The molecule has 0 saturated heterocycles. The lowest BCUT2D eigenvalue weighted by Crippen LogP contribution is -2.07. The van der Waals surface area contributed by atoms with Crippen LogP contribution in [0, 0.1) is 0 Å². The Balaban J connectivity index is 0.000000264. The van der Waals surface area contributed by atoms with Gasteiger partial charge < -0.3 is 30.3 Å². The number of imidazole rings is 1. The van der Waals surface area contributed by atoms with E-state index in [1.165, 1.54) is 16.3 Å². The quantitative estimate of drug-likeness (QED) is 0.218. The third-order valence-corrected chi connectivity index (χ3v) is 4.55. The molecule has 0 aliphatic carbocycles. The van der Waals surface area contributed by atoms with E-state index >= 15 is 0 Å². The summed E-state index contributed by atoms with van der Waals surface area (Å²) in [6.45, 7) is 1.50. The molecule has 1 aliphatic heterocycles. The molecular formula is C26H24N4O8. The molecule has 38 heavy (non-hydrogen) atoms. The second kappa shape index (κ2) is 14.8. The van der Waals surface area contributed by atoms with Gasteiger partial charge in [0.15, 0.2) is 0 Å². The van der Waals surface area contributed by atoms with Crippen LogP contribution < -0.4 is 5.32 Å². The zero-order valence-electron chi connectivity index (χ0n) is 19.8. The Kier molecular flexibility index (Phi) is 11.2. The molecule has 0 spiro atoms. The highest BCUT2D eigenvalue weighted by Gasteiger charge is 2.18. The van der Waals surface area contributed by atoms with E-state index in [0.29, 0.717) is 30.8 Å². The number of hydrogen-bond donors (Lipinski definition) is 5. The molecule has 0 unspecified atom stereocenters. The second-order valence-corrected chi connectivity index (χ2v) is 7.27. The minimum absolute atomic E-state index is 0.558. The topological polar surface area (TPSA) is 191 Å². The number of benzene rings is 2. The number of nitrogens with one attached hydrogen (secondary N) is 1. The summed E-state index contributed by atoms with van der Waals surface area (Å²) < 4.78 is 2.02. The molecule has 0 bridgehead atoms. The second-order valence-electron chi connectivity index (χ2n) is 7.27. The van der Waals surface area contributed by atoms with Gasteiger partial charge in [-0.3, -0.25) is 4.99 Å². The number of carboxylic acids is 4. The van der Waals surface area contributed by atoms with Crippen molar-refractivity contribution < 1.29 is 39.6 Å². The molecule has 4 rings (SSSR count). The number of hydrogen-bond acceptors (Lipinski definition) is 6. The fraction of sp³-hybridized carbons (Fsp3) is 0.0769. The maximum absolute atomic E-state index is 9.55. The predicted octanol–water partition coefficient (Wildman–Crippen LogP) is 2.89. The van der Waals surface area contributed by atoms with Crippen molar-refractivity contribution in [2.45, 2.75) is 6.54 Å². The Morgan fingerprint density at radius 2 is 1.42 bits per heavy atom. The normalized spacial score (nSPS) is 12.7. The van der Waals surface area contributed by atoms with E-state index in [1.807, 2.05) is 17.1 Å². The molecule has 0 saturated carbocycles. The zero-order valence-corrected chi connectivity index (χ0v) is 19.8. The number of anilines is 1. The molecule has 3 aromatic rings. The Morgan fingerprint density at radius 3 is 1.95 bits per heavy atom. The minimum atomic E-state index is -1.26. The molecule has 1 aliphatic rings. The van der Waals surface area contributed by atoms with Gasteiger partial charge in [-0.2, -0.15) is 0 Å². The van der Waals surface area contributed by atoms with E-state index in [4.69, 9.17) is 20.4 Å². The summed E-state index contributed by atoms with van der Waals surface area (Å²) in [5.74, 6) is -4.07. The monoisotopic (exact) mass is 520 g/mol. The highest BCUT2D eigenvalue weighted by Crippen LogP contribution is 2.32. The van der Waals surface area contributed by atoms with Gasteiger partial charge in [-0.1, -0.05) is 42.5 Å². The molecule has 0 fully saturated rings. The first kappa shape index (κ1) is 28.7. The van der Waals surface area contributed by atoms with Gasteiger partial charge in [0.25, 0.3) is 0 Å². The number of nitrogens with zero attached hydrogens (tertiary/aromatic N) is 3. The van der Waals surface area contributed by atoms with Gasteiger partial charge in [0, 0.05) is 59.9 Å². The average Bonchev–Trinajstić information content (AvgIpc) is 3.52. The van der Waals surface area contributed by atoms with Gasteiger partial charge in [0.05, 0.1) is 12.9 Å². The largest absolute Gasteiger partial charge is 0.478 e. The van der Waals surface area contributed by atoms with Crippen molar-refractivity contribution in [2.24, 2.45) is 4.99 Å². The summed E-state index contributed by atoms with van der Waals surface area (Å²) in [5.41, 5.74) is 2.34. The number of rotatable bonds is 8. The van der Waals surface area contributed by atoms with Crippen LogP contribution in [0.1, 0.15) is 5.56 Å². The third kappa shape index (κ3) is 10.00. The Hall–Kier alpha value is -5.52. The summed E-state index contributed by atoms with van der Waals surface area (Å²) in [6.07, 6.45) is 12.0. The molecule has 2 heterocycles. The van der Waals surface area contributed by atoms with E-state index < -0.39 is 23.9 Å². The van der Waals surface area contributed by atoms with E-state index in [9.17, 15) is 19.2 Å². The van der Waals surface area contributed by atoms with Gasteiger partial charge in [-0.25, -0.2) is 24.2 Å². The summed E-state index contributed by atoms with van der Waals surface area (Å²) in [6, 6.07) is 12.7. The molecule has 1 aromatic heterocycles. The number of aliphatic imine (C=N–C) groups is 1. The Bertz CT molecular complexity index is 1330. The summed E-state index contributed by atoms with van der Waals surface area (Å²) in [4.78, 5) is 46.9. The van der Waals surface area contributed by atoms with E-state index in [1.54, 1.807) is 6.20 Å².